The average Bonchev–Trinajstić information content (AvgIpc) is 2.63. The molecular weight excluding hydrogens is 388 g/mol. The number of nitrogens with two attached hydrogens (primary N) is 3. The van der Waals surface area contributed by atoms with E-state index >= 15 is 0 Å². The largest absolute Gasteiger partial charge is 0.480 e. The van der Waals surface area contributed by atoms with Gasteiger partial charge in [-0.15, -0.1) is 0 Å². The van der Waals surface area contributed by atoms with E-state index in [4.69, 9.17) is 22.3 Å². The lowest BCUT2D eigenvalue weighted by molar-refractivity contribution is -0.143. The van der Waals surface area contributed by atoms with Gasteiger partial charge in [-0.1, -0.05) is 0 Å². The Balaban J connectivity index is 4.85. The van der Waals surface area contributed by atoms with Gasteiger partial charge < -0.3 is 43.4 Å². The summed E-state index contributed by atoms with van der Waals surface area (Å²) in [7, 11) is 0. The van der Waals surface area contributed by atoms with Crippen LogP contribution in [0.15, 0.2) is 0 Å². The SMILES string of the molecule is CC(O)C(N)C(=O)NC(CCCCN)C(=O)NCC(=O)NC(CC(N)=O)C(=O)O. The number of carbonyl (C=O) groups excluding carboxylic acids is 4. The maximum absolute atomic E-state index is 12.3. The van der Waals surface area contributed by atoms with Crippen LogP contribution in [0.25, 0.3) is 0 Å². The zero-order valence-electron chi connectivity index (χ0n) is 16.2. The first kappa shape index (κ1) is 26.2. The van der Waals surface area contributed by atoms with E-state index in [1.807, 2.05) is 0 Å². The Bertz CT molecular complexity index is 598. The normalized spacial score (nSPS) is 14.8. The Morgan fingerprint density at radius 1 is 1.00 bits per heavy atom. The van der Waals surface area contributed by atoms with Gasteiger partial charge in [-0.2, -0.15) is 0 Å². The van der Waals surface area contributed by atoms with E-state index in [2.05, 4.69) is 16.0 Å². The number of carboxylic acid groups (broad SMARTS) is 1. The number of hydrogen-bond donors (Lipinski definition) is 8. The van der Waals surface area contributed by atoms with Gasteiger partial charge in [0.2, 0.25) is 23.6 Å². The van der Waals surface area contributed by atoms with E-state index in [9.17, 15) is 29.1 Å². The lowest BCUT2D eigenvalue weighted by atomic mass is 10.1. The minimum atomic E-state index is -1.53. The smallest absolute Gasteiger partial charge is 0.326 e. The summed E-state index contributed by atoms with van der Waals surface area (Å²) in [5, 5.41) is 25.1. The van der Waals surface area contributed by atoms with Crippen molar-refractivity contribution < 1.29 is 34.2 Å². The molecule has 0 aliphatic rings. The molecule has 0 spiro atoms. The van der Waals surface area contributed by atoms with Crippen LogP contribution in [0.5, 0.6) is 0 Å². The summed E-state index contributed by atoms with van der Waals surface area (Å²) in [5.74, 6) is -4.68. The molecule has 4 amide bonds. The third-order valence-corrected chi connectivity index (χ3v) is 3.86. The van der Waals surface area contributed by atoms with E-state index < -0.39 is 66.8 Å². The highest BCUT2D eigenvalue weighted by atomic mass is 16.4. The van der Waals surface area contributed by atoms with Crippen LogP contribution in [-0.4, -0.2) is 77.1 Å². The highest BCUT2D eigenvalue weighted by Crippen LogP contribution is 2.02. The molecule has 0 fully saturated rings. The molecule has 0 aromatic carbocycles. The Kier molecular flexibility index (Phi) is 12.1. The van der Waals surface area contributed by atoms with Crippen LogP contribution in [0.2, 0.25) is 0 Å². The van der Waals surface area contributed by atoms with Crippen LogP contribution in [0.1, 0.15) is 32.6 Å². The van der Waals surface area contributed by atoms with E-state index in [1.165, 1.54) is 6.92 Å². The van der Waals surface area contributed by atoms with Crippen molar-refractivity contribution in [3.05, 3.63) is 0 Å². The van der Waals surface area contributed by atoms with Crippen molar-refractivity contribution in [1.82, 2.24) is 16.0 Å². The molecule has 0 saturated carbocycles. The summed E-state index contributed by atoms with van der Waals surface area (Å²) in [4.78, 5) is 58.0. The van der Waals surface area contributed by atoms with E-state index in [0.717, 1.165) is 0 Å². The molecule has 166 valence electrons. The zero-order valence-corrected chi connectivity index (χ0v) is 16.2. The van der Waals surface area contributed by atoms with Crippen molar-refractivity contribution in [3.63, 3.8) is 0 Å². The molecule has 4 atom stereocenters. The van der Waals surface area contributed by atoms with Gasteiger partial charge in [-0.05, 0) is 32.7 Å². The van der Waals surface area contributed by atoms with E-state index in [-0.39, 0.29) is 6.42 Å². The highest BCUT2D eigenvalue weighted by Gasteiger charge is 2.27. The number of unbranched alkanes of at least 4 members (excludes halogenated alkanes) is 1. The number of aliphatic hydroxyl groups excluding tert-OH is 1. The fourth-order valence-electron chi connectivity index (χ4n) is 2.19. The molecule has 0 aromatic heterocycles. The van der Waals surface area contributed by atoms with Crippen LogP contribution < -0.4 is 33.2 Å². The molecule has 0 heterocycles. The monoisotopic (exact) mass is 418 g/mol. The third kappa shape index (κ3) is 11.0. The van der Waals surface area contributed by atoms with Gasteiger partial charge >= 0.3 is 5.97 Å². The first-order chi connectivity index (χ1) is 13.5. The predicted octanol–water partition coefficient (Wildman–Crippen LogP) is -4.13. The first-order valence-electron chi connectivity index (χ1n) is 9.01. The number of primary amides is 1. The van der Waals surface area contributed by atoms with Crippen LogP contribution in [-0.2, 0) is 24.0 Å². The molecule has 0 saturated heterocycles. The number of aliphatic hydroxyl groups is 1. The fourth-order valence-corrected chi connectivity index (χ4v) is 2.19. The second kappa shape index (κ2) is 13.4. The van der Waals surface area contributed by atoms with Crippen LogP contribution in [0, 0.1) is 0 Å². The molecule has 0 radical (unpaired) electrons. The number of rotatable bonds is 14. The Morgan fingerprint density at radius 3 is 2.10 bits per heavy atom. The van der Waals surface area contributed by atoms with Crippen LogP contribution >= 0.6 is 0 Å². The Morgan fingerprint density at radius 2 is 1.62 bits per heavy atom. The van der Waals surface area contributed by atoms with Crippen LogP contribution in [0.3, 0.4) is 0 Å². The number of aliphatic carboxylic acids is 1. The van der Waals surface area contributed by atoms with Gasteiger partial charge in [-0.3, -0.25) is 19.2 Å². The summed E-state index contributed by atoms with van der Waals surface area (Å²) in [6, 6.07) is -3.80. The molecule has 11 N–H and O–H groups in total. The van der Waals surface area contributed by atoms with Crippen molar-refractivity contribution in [2.45, 2.75) is 56.8 Å². The minimum absolute atomic E-state index is 0.211. The standard InChI is InChI=1S/C16H30N6O7/c1-8(23)13(19)15(27)22-9(4-2-3-5-17)14(26)20-7-12(25)21-10(16(28)29)6-11(18)24/h8-10,13,23H,2-7,17,19H2,1H3,(H2,18,24)(H,20,26)(H,21,25)(H,22,27)(H,28,29). The molecule has 0 aliphatic carbocycles. The van der Waals surface area contributed by atoms with Crippen LogP contribution in [0.4, 0.5) is 0 Å². The van der Waals surface area contributed by atoms with Crippen molar-refractivity contribution in [2.24, 2.45) is 17.2 Å². The van der Waals surface area contributed by atoms with Crippen molar-refractivity contribution >= 4 is 29.6 Å². The maximum Gasteiger partial charge on any atom is 0.326 e. The average molecular weight is 418 g/mol. The predicted molar refractivity (Wildman–Crippen MR) is 101 cm³/mol. The highest BCUT2D eigenvalue weighted by molar-refractivity contribution is 5.93. The summed E-state index contributed by atoms with van der Waals surface area (Å²) < 4.78 is 0. The van der Waals surface area contributed by atoms with Crippen molar-refractivity contribution in [2.75, 3.05) is 13.1 Å². The number of carbonyl (C=O) groups is 5. The molecule has 0 rings (SSSR count). The number of amides is 4. The van der Waals surface area contributed by atoms with Gasteiger partial charge in [0.25, 0.3) is 0 Å². The number of hydrogen-bond acceptors (Lipinski definition) is 8. The first-order valence-corrected chi connectivity index (χ1v) is 9.01. The Hall–Kier alpha value is -2.77. The third-order valence-electron chi connectivity index (χ3n) is 3.86. The topological polar surface area (TPSA) is 240 Å². The minimum Gasteiger partial charge on any atom is -0.480 e. The molecule has 0 aromatic rings. The quantitative estimate of drug-likeness (QED) is 0.128. The maximum atomic E-state index is 12.3. The molecule has 29 heavy (non-hydrogen) atoms. The summed E-state index contributed by atoms with van der Waals surface area (Å²) in [6.07, 6.45) is -0.431. The molecule has 13 nitrogen and oxygen atoms in total. The van der Waals surface area contributed by atoms with Gasteiger partial charge in [0.15, 0.2) is 0 Å². The molecule has 0 bridgehead atoms. The van der Waals surface area contributed by atoms with E-state index in [1.54, 1.807) is 0 Å². The summed E-state index contributed by atoms with van der Waals surface area (Å²) in [5.41, 5.74) is 15.9. The van der Waals surface area contributed by atoms with Crippen molar-refractivity contribution in [1.29, 1.82) is 0 Å². The zero-order chi connectivity index (χ0) is 22.6. The second-order valence-electron chi connectivity index (χ2n) is 6.46. The molecule has 0 aliphatic heterocycles. The molecule has 13 heteroatoms. The fraction of sp³-hybridized carbons (Fsp3) is 0.688. The molecular formula is C16H30N6O7. The lowest BCUT2D eigenvalue weighted by Gasteiger charge is -2.22. The number of nitrogens with one attached hydrogen (secondary N) is 3. The number of carboxylic acids is 1. The Labute approximate surface area is 167 Å². The second-order valence-corrected chi connectivity index (χ2v) is 6.46. The van der Waals surface area contributed by atoms with Gasteiger partial charge in [0.1, 0.15) is 18.1 Å². The molecule has 4 unspecified atom stereocenters. The van der Waals surface area contributed by atoms with Gasteiger partial charge in [0.05, 0.1) is 19.1 Å². The summed E-state index contributed by atoms with van der Waals surface area (Å²) >= 11 is 0. The van der Waals surface area contributed by atoms with Crippen molar-refractivity contribution in [3.8, 4) is 0 Å². The summed E-state index contributed by atoms with van der Waals surface area (Å²) in [6.45, 7) is 1.12. The lowest BCUT2D eigenvalue weighted by Crippen LogP contribution is -2.55. The van der Waals surface area contributed by atoms with Gasteiger partial charge in [-0.25, -0.2) is 4.79 Å². The van der Waals surface area contributed by atoms with E-state index in [0.29, 0.717) is 19.4 Å². The van der Waals surface area contributed by atoms with Gasteiger partial charge in [0, 0.05) is 0 Å².